The first kappa shape index (κ1) is 14.4. The molecule has 1 rings (SSSR count). The van der Waals surface area contributed by atoms with E-state index in [1.807, 2.05) is 0 Å². The van der Waals surface area contributed by atoms with Crippen LogP contribution in [0.3, 0.4) is 0 Å². The Morgan fingerprint density at radius 2 is 1.44 bits per heavy atom. The second kappa shape index (κ2) is 6.96. The third-order valence-corrected chi connectivity index (χ3v) is 4.14. The first-order valence-corrected chi connectivity index (χ1v) is 6.91. The molecule has 0 saturated carbocycles. The highest BCUT2D eigenvalue weighted by atomic mass is 35.5. The predicted molar refractivity (Wildman–Crippen MR) is 74.3 cm³/mol. The molecule has 0 heterocycles. The fourth-order valence-corrected chi connectivity index (χ4v) is 2.61. The molecule has 0 atom stereocenters. The molecule has 16 heavy (non-hydrogen) atoms. The SMILES string of the molecule is CCCCCCc1c(Cl)c(Cl)cc(Cl)c1Cl. The lowest BCUT2D eigenvalue weighted by atomic mass is 10.1. The molecule has 1 aromatic rings. The molecule has 0 aliphatic carbocycles. The Bertz CT molecular complexity index is 334. The van der Waals surface area contributed by atoms with Crippen molar-refractivity contribution >= 4 is 46.4 Å². The lowest BCUT2D eigenvalue weighted by Gasteiger charge is -2.10. The van der Waals surface area contributed by atoms with E-state index in [0.29, 0.717) is 20.1 Å². The first-order valence-electron chi connectivity index (χ1n) is 5.39. The third-order valence-electron chi connectivity index (χ3n) is 2.48. The zero-order valence-electron chi connectivity index (χ0n) is 9.12. The van der Waals surface area contributed by atoms with Crippen LogP contribution >= 0.6 is 46.4 Å². The average molecular weight is 300 g/mol. The normalized spacial score (nSPS) is 10.8. The van der Waals surface area contributed by atoms with Gasteiger partial charge in [-0.2, -0.15) is 0 Å². The second-order valence-electron chi connectivity index (χ2n) is 3.76. The second-order valence-corrected chi connectivity index (χ2v) is 5.33. The molecule has 0 aromatic heterocycles. The molecule has 0 aliphatic heterocycles. The van der Waals surface area contributed by atoms with Gasteiger partial charge in [0.25, 0.3) is 0 Å². The van der Waals surface area contributed by atoms with Crippen molar-refractivity contribution in [2.24, 2.45) is 0 Å². The minimum atomic E-state index is 0.474. The fourth-order valence-electron chi connectivity index (χ4n) is 1.57. The lowest BCUT2D eigenvalue weighted by Crippen LogP contribution is -1.91. The van der Waals surface area contributed by atoms with E-state index in [1.54, 1.807) is 6.07 Å². The topological polar surface area (TPSA) is 0 Å². The van der Waals surface area contributed by atoms with Gasteiger partial charge in [0, 0.05) is 0 Å². The van der Waals surface area contributed by atoms with Gasteiger partial charge in [0.15, 0.2) is 0 Å². The summed E-state index contributed by atoms with van der Waals surface area (Å²) in [4.78, 5) is 0. The van der Waals surface area contributed by atoms with Crippen LogP contribution < -0.4 is 0 Å². The summed E-state index contributed by atoms with van der Waals surface area (Å²) in [5, 5.41) is 2.02. The molecule has 0 radical (unpaired) electrons. The molecule has 0 N–H and O–H groups in total. The summed E-state index contributed by atoms with van der Waals surface area (Å²) in [6.45, 7) is 2.18. The van der Waals surface area contributed by atoms with E-state index in [9.17, 15) is 0 Å². The van der Waals surface area contributed by atoms with Crippen molar-refractivity contribution in [1.82, 2.24) is 0 Å². The van der Waals surface area contributed by atoms with E-state index in [1.165, 1.54) is 19.3 Å². The molecule has 0 spiro atoms. The van der Waals surface area contributed by atoms with E-state index in [4.69, 9.17) is 46.4 Å². The molecule has 0 saturated heterocycles. The maximum absolute atomic E-state index is 6.11. The van der Waals surface area contributed by atoms with Crippen LogP contribution in [-0.4, -0.2) is 0 Å². The Morgan fingerprint density at radius 3 is 1.94 bits per heavy atom. The van der Waals surface area contributed by atoms with Gasteiger partial charge >= 0.3 is 0 Å². The smallest absolute Gasteiger partial charge is 0.0640 e. The van der Waals surface area contributed by atoms with Crippen LogP contribution in [0.2, 0.25) is 20.1 Å². The third kappa shape index (κ3) is 3.70. The largest absolute Gasteiger partial charge is 0.0826 e. The number of benzene rings is 1. The molecule has 90 valence electrons. The van der Waals surface area contributed by atoms with Crippen molar-refractivity contribution in [2.75, 3.05) is 0 Å². The number of rotatable bonds is 5. The molecule has 0 amide bonds. The van der Waals surface area contributed by atoms with E-state index >= 15 is 0 Å². The molecule has 0 aliphatic rings. The van der Waals surface area contributed by atoms with Gasteiger partial charge in [-0.1, -0.05) is 72.6 Å². The molecule has 0 bridgehead atoms. The minimum absolute atomic E-state index is 0.474. The first-order chi connectivity index (χ1) is 7.57. The van der Waals surface area contributed by atoms with Crippen molar-refractivity contribution in [3.63, 3.8) is 0 Å². The van der Waals surface area contributed by atoms with Crippen LogP contribution in [0.15, 0.2) is 6.07 Å². The zero-order valence-corrected chi connectivity index (χ0v) is 12.1. The molecule has 0 nitrogen and oxygen atoms in total. The summed E-state index contributed by atoms with van der Waals surface area (Å²) < 4.78 is 0. The van der Waals surface area contributed by atoms with Crippen LogP contribution in [-0.2, 0) is 6.42 Å². The van der Waals surface area contributed by atoms with Crippen LogP contribution in [0.25, 0.3) is 0 Å². The Kier molecular flexibility index (Phi) is 6.28. The highest BCUT2D eigenvalue weighted by molar-refractivity contribution is 6.48. The van der Waals surface area contributed by atoms with Crippen LogP contribution in [0.1, 0.15) is 38.2 Å². The molecule has 0 fully saturated rings. The highest BCUT2D eigenvalue weighted by Gasteiger charge is 2.13. The summed E-state index contributed by atoms with van der Waals surface area (Å²) in [6, 6.07) is 1.59. The Morgan fingerprint density at radius 1 is 0.875 bits per heavy atom. The van der Waals surface area contributed by atoms with Crippen molar-refractivity contribution < 1.29 is 0 Å². The quantitative estimate of drug-likeness (QED) is 0.434. The Hall–Kier alpha value is 0.380. The van der Waals surface area contributed by atoms with Gasteiger partial charge in [0.1, 0.15) is 0 Å². The van der Waals surface area contributed by atoms with Crippen molar-refractivity contribution in [3.05, 3.63) is 31.7 Å². The van der Waals surface area contributed by atoms with Gasteiger partial charge in [-0.25, -0.2) is 0 Å². The van der Waals surface area contributed by atoms with E-state index in [-0.39, 0.29) is 0 Å². The van der Waals surface area contributed by atoms with Gasteiger partial charge in [-0.3, -0.25) is 0 Å². The maximum Gasteiger partial charge on any atom is 0.0640 e. The standard InChI is InChI=1S/C12H14Cl4/c1-2-3-4-5-6-8-11(15)9(13)7-10(14)12(8)16/h7H,2-6H2,1H3. The monoisotopic (exact) mass is 298 g/mol. The van der Waals surface area contributed by atoms with E-state index in [0.717, 1.165) is 18.4 Å². The van der Waals surface area contributed by atoms with Crippen LogP contribution in [0.4, 0.5) is 0 Å². The minimum Gasteiger partial charge on any atom is -0.0826 e. The van der Waals surface area contributed by atoms with Gasteiger partial charge in [0.2, 0.25) is 0 Å². The number of halogens is 4. The maximum atomic E-state index is 6.11. The Balaban J connectivity index is 2.78. The van der Waals surface area contributed by atoms with Crippen molar-refractivity contribution in [1.29, 1.82) is 0 Å². The van der Waals surface area contributed by atoms with Gasteiger partial charge in [-0.05, 0) is 24.5 Å². The highest BCUT2D eigenvalue weighted by Crippen LogP contribution is 2.37. The number of hydrogen-bond donors (Lipinski definition) is 0. The number of unbranched alkanes of at least 4 members (excludes halogenated alkanes) is 3. The van der Waals surface area contributed by atoms with E-state index in [2.05, 4.69) is 6.92 Å². The molecule has 0 unspecified atom stereocenters. The average Bonchev–Trinajstić information content (AvgIpc) is 2.25. The molecule has 4 heteroatoms. The van der Waals surface area contributed by atoms with Gasteiger partial charge in [-0.15, -0.1) is 0 Å². The zero-order chi connectivity index (χ0) is 12.1. The van der Waals surface area contributed by atoms with Crippen molar-refractivity contribution in [2.45, 2.75) is 39.0 Å². The molecular formula is C12H14Cl4. The van der Waals surface area contributed by atoms with Crippen LogP contribution in [0, 0.1) is 0 Å². The predicted octanol–water partition coefficient (Wildman–Crippen LogP) is 6.42. The van der Waals surface area contributed by atoms with Gasteiger partial charge < -0.3 is 0 Å². The summed E-state index contributed by atoms with van der Waals surface area (Å²) >= 11 is 24.1. The molecule has 1 aromatic carbocycles. The summed E-state index contributed by atoms with van der Waals surface area (Å²) in [7, 11) is 0. The number of hydrogen-bond acceptors (Lipinski definition) is 0. The summed E-state index contributed by atoms with van der Waals surface area (Å²) in [6.07, 6.45) is 5.50. The summed E-state index contributed by atoms with van der Waals surface area (Å²) in [5.74, 6) is 0. The Labute approximate surface area is 117 Å². The van der Waals surface area contributed by atoms with E-state index < -0.39 is 0 Å². The van der Waals surface area contributed by atoms with Crippen molar-refractivity contribution in [3.8, 4) is 0 Å². The fraction of sp³-hybridized carbons (Fsp3) is 0.500. The van der Waals surface area contributed by atoms with Gasteiger partial charge in [0.05, 0.1) is 20.1 Å². The summed E-state index contributed by atoms with van der Waals surface area (Å²) in [5.41, 5.74) is 0.872. The lowest BCUT2D eigenvalue weighted by molar-refractivity contribution is 0.667. The molecular weight excluding hydrogens is 286 g/mol. The van der Waals surface area contributed by atoms with Crippen LogP contribution in [0.5, 0.6) is 0 Å².